The highest BCUT2D eigenvalue weighted by Crippen LogP contribution is 2.56. The minimum absolute atomic E-state index is 0.0410. The number of hydrogen-bond acceptors (Lipinski definition) is 4. The second kappa shape index (κ2) is 3.84. The van der Waals surface area contributed by atoms with Gasteiger partial charge < -0.3 is 9.47 Å². The Labute approximate surface area is 106 Å². The fraction of sp³-hybridized carbons (Fsp3) is 0.714. The monoisotopic (exact) mass is 250 g/mol. The zero-order valence-corrected chi connectivity index (χ0v) is 10.6. The summed E-state index contributed by atoms with van der Waals surface area (Å²) in [6.07, 6.45) is 3.88. The number of rotatable bonds is 2. The summed E-state index contributed by atoms with van der Waals surface area (Å²) in [5, 5.41) is 0. The van der Waals surface area contributed by atoms with Crippen molar-refractivity contribution in [3.05, 3.63) is 12.7 Å². The van der Waals surface area contributed by atoms with Crippen molar-refractivity contribution in [2.75, 3.05) is 6.61 Å². The standard InChI is InChI=1S/C14H18O4/c1-3-11(15)18-14(2)5-8-4-9(6-14)12-10(8)7-17-13(12)16/h3,8-10,12H,1,4-7H2,2H3. The summed E-state index contributed by atoms with van der Waals surface area (Å²) in [4.78, 5) is 23.1. The molecular formula is C14H18O4. The maximum absolute atomic E-state index is 11.7. The smallest absolute Gasteiger partial charge is 0.330 e. The summed E-state index contributed by atoms with van der Waals surface area (Å²) >= 11 is 0. The van der Waals surface area contributed by atoms with E-state index in [1.165, 1.54) is 6.08 Å². The summed E-state index contributed by atoms with van der Waals surface area (Å²) in [7, 11) is 0. The van der Waals surface area contributed by atoms with Gasteiger partial charge in [-0.2, -0.15) is 0 Å². The lowest BCUT2D eigenvalue weighted by Gasteiger charge is -2.37. The minimum atomic E-state index is -0.441. The molecule has 0 aromatic carbocycles. The normalized spacial score (nSPS) is 45.3. The molecule has 0 amide bonds. The highest BCUT2D eigenvalue weighted by Gasteiger charge is 2.58. The molecule has 98 valence electrons. The fourth-order valence-electron chi connectivity index (χ4n) is 4.24. The van der Waals surface area contributed by atoms with Crippen molar-refractivity contribution >= 4 is 11.9 Å². The van der Waals surface area contributed by atoms with Gasteiger partial charge >= 0.3 is 11.9 Å². The Morgan fingerprint density at radius 1 is 1.50 bits per heavy atom. The molecule has 2 aliphatic carbocycles. The average molecular weight is 250 g/mol. The molecule has 5 atom stereocenters. The molecule has 2 saturated carbocycles. The molecule has 0 aromatic heterocycles. The van der Waals surface area contributed by atoms with Crippen LogP contribution >= 0.6 is 0 Å². The van der Waals surface area contributed by atoms with Gasteiger partial charge in [0.05, 0.1) is 12.5 Å². The van der Waals surface area contributed by atoms with Crippen molar-refractivity contribution in [2.45, 2.75) is 31.8 Å². The SMILES string of the molecule is C=CC(=O)OC1(C)CC2CC(C1)C1C(=O)OCC21. The summed E-state index contributed by atoms with van der Waals surface area (Å²) in [6.45, 7) is 5.96. The topological polar surface area (TPSA) is 52.6 Å². The molecule has 4 nitrogen and oxygen atoms in total. The number of fused-ring (bicyclic) bond motifs is 5. The van der Waals surface area contributed by atoms with Gasteiger partial charge in [0, 0.05) is 12.0 Å². The number of carbonyl (C=O) groups excluding carboxylic acids is 2. The highest BCUT2D eigenvalue weighted by atomic mass is 16.6. The molecule has 3 fully saturated rings. The van der Waals surface area contributed by atoms with E-state index in [2.05, 4.69) is 6.58 Å². The molecule has 5 unspecified atom stereocenters. The van der Waals surface area contributed by atoms with Crippen molar-refractivity contribution < 1.29 is 19.1 Å². The van der Waals surface area contributed by atoms with E-state index in [9.17, 15) is 9.59 Å². The molecule has 0 N–H and O–H groups in total. The number of carbonyl (C=O) groups is 2. The van der Waals surface area contributed by atoms with Crippen molar-refractivity contribution in [3.63, 3.8) is 0 Å². The molecule has 4 heteroatoms. The van der Waals surface area contributed by atoms with Crippen LogP contribution in [0.3, 0.4) is 0 Å². The Kier molecular flexibility index (Phi) is 2.50. The molecule has 18 heavy (non-hydrogen) atoms. The van der Waals surface area contributed by atoms with E-state index in [0.29, 0.717) is 24.4 Å². The van der Waals surface area contributed by atoms with Gasteiger partial charge in [-0.3, -0.25) is 4.79 Å². The van der Waals surface area contributed by atoms with E-state index in [4.69, 9.17) is 9.47 Å². The maximum atomic E-state index is 11.7. The van der Waals surface area contributed by atoms with E-state index >= 15 is 0 Å². The summed E-state index contributed by atoms with van der Waals surface area (Å²) in [5.74, 6) is 0.721. The van der Waals surface area contributed by atoms with Crippen LogP contribution in [0.25, 0.3) is 0 Å². The van der Waals surface area contributed by atoms with Crippen molar-refractivity contribution in [2.24, 2.45) is 23.7 Å². The lowest BCUT2D eigenvalue weighted by Crippen LogP contribution is -2.39. The van der Waals surface area contributed by atoms with Crippen LogP contribution in [0.4, 0.5) is 0 Å². The van der Waals surface area contributed by atoms with E-state index in [-0.39, 0.29) is 17.9 Å². The van der Waals surface area contributed by atoms with Crippen LogP contribution < -0.4 is 0 Å². The predicted octanol–water partition coefficient (Wildman–Crippen LogP) is 1.69. The van der Waals surface area contributed by atoms with Crippen LogP contribution in [0.2, 0.25) is 0 Å². The Balaban J connectivity index is 1.79. The molecule has 0 aromatic rings. The Bertz CT molecular complexity index is 416. The van der Waals surface area contributed by atoms with Gasteiger partial charge in [-0.05, 0) is 38.0 Å². The second-order valence-electron chi connectivity index (χ2n) is 6.06. The van der Waals surface area contributed by atoms with Gasteiger partial charge in [0.15, 0.2) is 0 Å². The van der Waals surface area contributed by atoms with Crippen LogP contribution in [-0.4, -0.2) is 24.1 Å². The van der Waals surface area contributed by atoms with Gasteiger partial charge in [-0.15, -0.1) is 0 Å². The van der Waals surface area contributed by atoms with E-state index < -0.39 is 5.60 Å². The van der Waals surface area contributed by atoms with Gasteiger partial charge in [-0.1, -0.05) is 6.58 Å². The molecule has 1 saturated heterocycles. The largest absolute Gasteiger partial charge is 0.465 e. The lowest BCUT2D eigenvalue weighted by atomic mass is 9.77. The van der Waals surface area contributed by atoms with E-state index in [1.807, 2.05) is 6.92 Å². The number of hydrogen-bond donors (Lipinski definition) is 0. The van der Waals surface area contributed by atoms with Crippen molar-refractivity contribution in [1.82, 2.24) is 0 Å². The first-order valence-electron chi connectivity index (χ1n) is 6.54. The molecule has 0 radical (unpaired) electrons. The van der Waals surface area contributed by atoms with Gasteiger partial charge in [0.2, 0.25) is 0 Å². The third kappa shape index (κ3) is 1.66. The molecular weight excluding hydrogens is 232 g/mol. The second-order valence-corrected chi connectivity index (χ2v) is 6.06. The Morgan fingerprint density at radius 3 is 2.94 bits per heavy atom. The van der Waals surface area contributed by atoms with Gasteiger partial charge in [0.25, 0.3) is 0 Å². The summed E-state index contributed by atoms with van der Waals surface area (Å²) < 4.78 is 10.7. The first kappa shape index (κ1) is 11.8. The number of esters is 2. The first-order valence-corrected chi connectivity index (χ1v) is 6.54. The Hall–Kier alpha value is -1.32. The molecule has 2 bridgehead atoms. The highest BCUT2D eigenvalue weighted by molar-refractivity contribution is 5.81. The molecule has 1 heterocycles. The maximum Gasteiger partial charge on any atom is 0.330 e. The van der Waals surface area contributed by atoms with Gasteiger partial charge in [-0.25, -0.2) is 4.79 Å². The van der Waals surface area contributed by atoms with Crippen LogP contribution in [0.1, 0.15) is 26.2 Å². The van der Waals surface area contributed by atoms with Crippen LogP contribution in [-0.2, 0) is 19.1 Å². The minimum Gasteiger partial charge on any atom is -0.465 e. The molecule has 1 aliphatic heterocycles. The van der Waals surface area contributed by atoms with Gasteiger partial charge in [0.1, 0.15) is 5.60 Å². The van der Waals surface area contributed by atoms with E-state index in [0.717, 1.165) is 19.3 Å². The molecule has 3 rings (SSSR count). The van der Waals surface area contributed by atoms with E-state index in [1.54, 1.807) is 0 Å². The molecule has 0 spiro atoms. The quantitative estimate of drug-likeness (QED) is 0.553. The fourth-order valence-corrected chi connectivity index (χ4v) is 4.24. The first-order chi connectivity index (χ1) is 8.52. The zero-order valence-electron chi connectivity index (χ0n) is 10.6. The number of ether oxygens (including phenoxy) is 2. The molecule has 3 aliphatic rings. The van der Waals surface area contributed by atoms with Crippen LogP contribution in [0, 0.1) is 23.7 Å². The third-order valence-electron chi connectivity index (χ3n) is 4.77. The average Bonchev–Trinajstić information content (AvgIpc) is 2.80. The van der Waals surface area contributed by atoms with Crippen molar-refractivity contribution in [3.8, 4) is 0 Å². The summed E-state index contributed by atoms with van der Waals surface area (Å²) in [5.41, 5.74) is -0.441. The van der Waals surface area contributed by atoms with Crippen LogP contribution in [0.5, 0.6) is 0 Å². The van der Waals surface area contributed by atoms with Crippen LogP contribution in [0.15, 0.2) is 12.7 Å². The number of cyclic esters (lactones) is 1. The third-order valence-corrected chi connectivity index (χ3v) is 4.77. The Morgan fingerprint density at radius 2 is 2.22 bits per heavy atom. The summed E-state index contributed by atoms with van der Waals surface area (Å²) in [6, 6.07) is 0. The zero-order chi connectivity index (χ0) is 12.9. The van der Waals surface area contributed by atoms with Crippen molar-refractivity contribution in [1.29, 1.82) is 0 Å². The lowest BCUT2D eigenvalue weighted by molar-refractivity contribution is -0.158. The predicted molar refractivity (Wildman–Crippen MR) is 63.5 cm³/mol.